The molecule has 0 aromatic carbocycles. The summed E-state index contributed by atoms with van der Waals surface area (Å²) in [4.78, 5) is 22.1. The fraction of sp³-hybridized carbons (Fsp3) is 0.800. The van der Waals surface area contributed by atoms with Crippen LogP contribution in [0.1, 0.15) is 25.7 Å². The number of carboxylic acids is 1. The molecule has 0 aromatic heterocycles. The molecule has 100 valence electrons. The van der Waals surface area contributed by atoms with Gasteiger partial charge in [0.05, 0.1) is 12.1 Å². The van der Waals surface area contributed by atoms with Crippen molar-refractivity contribution < 1.29 is 14.7 Å². The van der Waals surface area contributed by atoms with E-state index in [0.717, 1.165) is 0 Å². The molecule has 0 aliphatic carbocycles. The highest BCUT2D eigenvalue weighted by Gasteiger charge is 2.20. The normalized spacial score (nSPS) is 16.2. The molecule has 0 radical (unpaired) electrons. The first kappa shape index (κ1) is 16.4. The average molecular weight is 263 g/mol. The van der Waals surface area contributed by atoms with Gasteiger partial charge in [0.1, 0.15) is 6.04 Å². The van der Waals surface area contributed by atoms with E-state index in [2.05, 4.69) is 12.6 Å². The molecule has 7 N–H and O–H groups in total. The number of nitrogens with two attached hydrogens (primary N) is 3. The van der Waals surface area contributed by atoms with Gasteiger partial charge in [-0.3, -0.25) is 9.59 Å². The summed E-state index contributed by atoms with van der Waals surface area (Å²) in [7, 11) is 0. The van der Waals surface area contributed by atoms with E-state index in [1.54, 1.807) is 0 Å². The zero-order valence-electron chi connectivity index (χ0n) is 9.71. The Morgan fingerprint density at radius 3 is 1.94 bits per heavy atom. The molecule has 0 aromatic rings. The maximum atomic E-state index is 11.6. The van der Waals surface area contributed by atoms with Crippen LogP contribution in [-0.4, -0.2) is 40.7 Å². The lowest BCUT2D eigenvalue weighted by Gasteiger charge is -2.15. The van der Waals surface area contributed by atoms with Crippen molar-refractivity contribution in [2.45, 2.75) is 43.8 Å². The number of ketones is 1. The highest BCUT2D eigenvalue weighted by molar-refractivity contribution is 7.80. The number of hydrogen-bond acceptors (Lipinski definition) is 6. The molecular formula is C10H21N3O3S. The van der Waals surface area contributed by atoms with Crippen molar-refractivity contribution in [2.24, 2.45) is 17.2 Å². The lowest BCUT2D eigenvalue weighted by Crippen LogP contribution is -2.43. The third-order valence-corrected chi connectivity index (χ3v) is 2.78. The molecule has 0 rings (SSSR count). The monoisotopic (exact) mass is 263 g/mol. The zero-order valence-corrected chi connectivity index (χ0v) is 10.6. The van der Waals surface area contributed by atoms with E-state index in [9.17, 15) is 9.59 Å². The number of thiol groups is 1. The molecule has 7 heteroatoms. The van der Waals surface area contributed by atoms with Gasteiger partial charge >= 0.3 is 5.97 Å². The van der Waals surface area contributed by atoms with Gasteiger partial charge in [-0.2, -0.15) is 12.6 Å². The van der Waals surface area contributed by atoms with Crippen LogP contribution in [0.4, 0.5) is 0 Å². The minimum Gasteiger partial charge on any atom is -0.480 e. The summed E-state index contributed by atoms with van der Waals surface area (Å²) in [5.41, 5.74) is 16.6. The van der Waals surface area contributed by atoms with Gasteiger partial charge in [-0.15, -0.1) is 0 Å². The molecule has 0 saturated heterocycles. The number of carbonyl (C=O) groups excluding carboxylic acids is 1. The summed E-state index contributed by atoms with van der Waals surface area (Å²) in [5.74, 6) is -0.719. The number of Topliss-reactive ketones (excluding diaryl/α,β-unsaturated/α-hetero) is 1. The third kappa shape index (κ3) is 6.62. The zero-order chi connectivity index (χ0) is 13.4. The molecule has 17 heavy (non-hydrogen) atoms. The summed E-state index contributed by atoms with van der Waals surface area (Å²) in [6, 6.07) is -2.13. The first-order valence-corrected chi connectivity index (χ1v) is 6.17. The van der Waals surface area contributed by atoms with Crippen molar-refractivity contribution in [1.82, 2.24) is 0 Å². The van der Waals surface area contributed by atoms with Crippen molar-refractivity contribution >= 4 is 24.4 Å². The van der Waals surface area contributed by atoms with Crippen LogP contribution < -0.4 is 17.2 Å². The highest BCUT2D eigenvalue weighted by atomic mass is 32.1. The smallest absolute Gasteiger partial charge is 0.320 e. The minimum absolute atomic E-state index is 0.206. The maximum absolute atomic E-state index is 11.6. The molecule has 0 bridgehead atoms. The quantitative estimate of drug-likeness (QED) is 0.343. The van der Waals surface area contributed by atoms with Crippen LogP contribution in [0.5, 0.6) is 0 Å². The number of carboxylic acid groups (broad SMARTS) is 1. The highest BCUT2D eigenvalue weighted by Crippen LogP contribution is 2.05. The van der Waals surface area contributed by atoms with Crippen molar-refractivity contribution in [3.05, 3.63) is 0 Å². The van der Waals surface area contributed by atoms with Gasteiger partial charge in [0.15, 0.2) is 5.78 Å². The van der Waals surface area contributed by atoms with E-state index in [0.29, 0.717) is 31.4 Å². The largest absolute Gasteiger partial charge is 0.480 e. The molecule has 0 aliphatic heterocycles. The number of hydrogen-bond donors (Lipinski definition) is 5. The van der Waals surface area contributed by atoms with Gasteiger partial charge in [-0.25, -0.2) is 0 Å². The molecule has 0 heterocycles. The lowest BCUT2D eigenvalue weighted by atomic mass is 9.98. The Kier molecular flexibility index (Phi) is 8.15. The third-order valence-electron chi connectivity index (χ3n) is 2.52. The topological polar surface area (TPSA) is 132 Å². The second kappa shape index (κ2) is 8.46. The predicted octanol–water partition coefficient (Wildman–Crippen LogP) is -0.888. The van der Waals surface area contributed by atoms with Crippen LogP contribution in [-0.2, 0) is 9.59 Å². The van der Waals surface area contributed by atoms with E-state index in [1.807, 2.05) is 0 Å². The summed E-state index contributed by atoms with van der Waals surface area (Å²) >= 11 is 3.99. The Labute approximate surface area is 106 Å². The fourth-order valence-electron chi connectivity index (χ4n) is 1.38. The Morgan fingerprint density at radius 1 is 1.00 bits per heavy atom. The van der Waals surface area contributed by atoms with Gasteiger partial charge in [-0.05, 0) is 31.4 Å². The van der Waals surface area contributed by atoms with E-state index < -0.39 is 24.1 Å². The van der Waals surface area contributed by atoms with Crippen LogP contribution in [0.3, 0.4) is 0 Å². The van der Waals surface area contributed by atoms with E-state index in [4.69, 9.17) is 22.3 Å². The van der Waals surface area contributed by atoms with Crippen LogP contribution in [0.15, 0.2) is 0 Å². The van der Waals surface area contributed by atoms with Gasteiger partial charge in [0, 0.05) is 0 Å². The fourth-order valence-corrected chi connectivity index (χ4v) is 1.66. The van der Waals surface area contributed by atoms with Crippen LogP contribution in [0, 0.1) is 0 Å². The van der Waals surface area contributed by atoms with Crippen LogP contribution in [0.2, 0.25) is 0 Å². The van der Waals surface area contributed by atoms with Crippen molar-refractivity contribution in [2.75, 3.05) is 5.75 Å². The number of carbonyl (C=O) groups is 2. The molecule has 0 fully saturated rings. The number of rotatable bonds is 9. The first-order chi connectivity index (χ1) is 7.90. The van der Waals surface area contributed by atoms with Crippen molar-refractivity contribution in [1.29, 1.82) is 0 Å². The molecular weight excluding hydrogens is 242 g/mol. The molecule has 0 amide bonds. The second-order valence-electron chi connectivity index (χ2n) is 4.00. The van der Waals surface area contributed by atoms with E-state index >= 15 is 0 Å². The Morgan fingerprint density at radius 2 is 1.47 bits per heavy atom. The molecule has 0 aliphatic rings. The summed E-state index contributed by atoms with van der Waals surface area (Å²) in [6.45, 7) is 0. The van der Waals surface area contributed by atoms with Gasteiger partial charge in [0.25, 0.3) is 0 Å². The maximum Gasteiger partial charge on any atom is 0.320 e. The van der Waals surface area contributed by atoms with Gasteiger partial charge < -0.3 is 22.3 Å². The average Bonchev–Trinajstić information content (AvgIpc) is 2.27. The Hall–Kier alpha value is -0.630. The Bertz CT molecular complexity index is 263. The van der Waals surface area contributed by atoms with Crippen molar-refractivity contribution in [3.8, 4) is 0 Å². The van der Waals surface area contributed by atoms with Crippen molar-refractivity contribution in [3.63, 3.8) is 0 Å². The second-order valence-corrected chi connectivity index (χ2v) is 4.45. The molecule has 1 unspecified atom stereocenters. The molecule has 3 atom stereocenters. The first-order valence-electron chi connectivity index (χ1n) is 5.54. The summed E-state index contributed by atoms with van der Waals surface area (Å²) in [5, 5.41) is 8.56. The van der Waals surface area contributed by atoms with E-state index in [1.165, 1.54) is 0 Å². The van der Waals surface area contributed by atoms with E-state index in [-0.39, 0.29) is 5.78 Å². The standard InChI is InChI=1S/C10H21N3O3S/c11-6(9(14)7(12)4-5-17)2-1-3-8(13)10(15)16/h6-8,17H,1-5,11-13H2,(H,15,16)/t6?,7-,8-/m0/s1. The molecule has 0 spiro atoms. The molecule has 0 saturated carbocycles. The summed E-state index contributed by atoms with van der Waals surface area (Å²) < 4.78 is 0. The lowest BCUT2D eigenvalue weighted by molar-refractivity contribution is -0.138. The predicted molar refractivity (Wildman–Crippen MR) is 68.9 cm³/mol. The Balaban J connectivity index is 3.89. The van der Waals surface area contributed by atoms with Crippen LogP contribution >= 0.6 is 12.6 Å². The van der Waals surface area contributed by atoms with Gasteiger partial charge in [-0.1, -0.05) is 0 Å². The summed E-state index contributed by atoms with van der Waals surface area (Å²) in [6.07, 6.45) is 1.69. The number of aliphatic carboxylic acids is 1. The molecule has 6 nitrogen and oxygen atoms in total. The van der Waals surface area contributed by atoms with Gasteiger partial charge in [0.2, 0.25) is 0 Å². The minimum atomic E-state index is -1.04. The van der Waals surface area contributed by atoms with Crippen LogP contribution in [0.25, 0.3) is 0 Å². The SMILES string of the molecule is NC(CCC[C@H](N)C(=O)O)C(=O)[C@@H](N)CCS.